The zero-order chi connectivity index (χ0) is 21.5. The standard InChI is InChI=1S/C25H29N7/c1-17-6-7-19-21(17)23(31-16-30-19)32-15-25(8-12-26-13-9-25)22-18(4-2-5-20(22)32)14-29-24-27-10-3-11-28-24/h2-5,10-11,16-17,26H,6-9,12-15H2,1H3,(H,27,28,29)/t17-/m1/s1. The number of aromatic nitrogens is 4. The third kappa shape index (κ3) is 3.14. The van der Waals surface area contributed by atoms with Gasteiger partial charge in [0.15, 0.2) is 0 Å². The fourth-order valence-electron chi connectivity index (χ4n) is 5.94. The minimum Gasteiger partial charge on any atom is -0.350 e. The Bertz CT molecular complexity index is 1120. The Hall–Kier alpha value is -3.06. The molecule has 0 amide bonds. The Morgan fingerprint density at radius 2 is 1.94 bits per heavy atom. The minimum atomic E-state index is 0.135. The second-order valence-corrected chi connectivity index (χ2v) is 9.35. The zero-order valence-corrected chi connectivity index (χ0v) is 18.5. The van der Waals surface area contributed by atoms with E-state index in [0.717, 1.165) is 51.1 Å². The molecule has 1 aromatic carbocycles. The fraction of sp³-hybridized carbons (Fsp3) is 0.440. The first-order valence-corrected chi connectivity index (χ1v) is 11.7. The predicted octanol–water partition coefficient (Wildman–Crippen LogP) is 3.70. The quantitative estimate of drug-likeness (QED) is 0.657. The second kappa shape index (κ2) is 7.81. The van der Waals surface area contributed by atoms with Crippen molar-refractivity contribution in [3.63, 3.8) is 0 Å². The second-order valence-electron chi connectivity index (χ2n) is 9.35. The molecule has 6 rings (SSSR count). The van der Waals surface area contributed by atoms with Crippen LogP contribution in [0.3, 0.4) is 0 Å². The molecule has 1 atom stereocenters. The molecule has 2 aromatic heterocycles. The zero-order valence-electron chi connectivity index (χ0n) is 18.5. The van der Waals surface area contributed by atoms with Crippen LogP contribution in [-0.4, -0.2) is 39.6 Å². The number of rotatable bonds is 4. The van der Waals surface area contributed by atoms with Gasteiger partial charge in [-0.2, -0.15) is 0 Å². The molecule has 3 aliphatic rings. The third-order valence-electron chi connectivity index (χ3n) is 7.48. The van der Waals surface area contributed by atoms with Crippen LogP contribution in [0.1, 0.15) is 54.5 Å². The summed E-state index contributed by atoms with van der Waals surface area (Å²) in [7, 11) is 0. The van der Waals surface area contributed by atoms with E-state index in [-0.39, 0.29) is 5.41 Å². The molecule has 2 N–H and O–H groups in total. The lowest BCUT2D eigenvalue weighted by Crippen LogP contribution is -2.43. The maximum atomic E-state index is 4.85. The van der Waals surface area contributed by atoms with Crippen LogP contribution in [0.2, 0.25) is 0 Å². The van der Waals surface area contributed by atoms with Gasteiger partial charge in [0.25, 0.3) is 0 Å². The average molecular weight is 428 g/mol. The molecule has 1 fully saturated rings. The maximum absolute atomic E-state index is 4.85. The molecule has 7 nitrogen and oxygen atoms in total. The van der Waals surface area contributed by atoms with E-state index in [1.807, 2.05) is 6.07 Å². The van der Waals surface area contributed by atoms with Crippen LogP contribution in [0.4, 0.5) is 17.5 Å². The molecule has 1 aliphatic carbocycles. The van der Waals surface area contributed by atoms with Crippen molar-refractivity contribution in [3.05, 3.63) is 65.4 Å². The highest BCUT2D eigenvalue weighted by molar-refractivity contribution is 5.75. The molecule has 32 heavy (non-hydrogen) atoms. The van der Waals surface area contributed by atoms with E-state index < -0.39 is 0 Å². The third-order valence-corrected chi connectivity index (χ3v) is 7.48. The van der Waals surface area contributed by atoms with Gasteiger partial charge in [0.05, 0.1) is 0 Å². The Morgan fingerprint density at radius 3 is 2.78 bits per heavy atom. The van der Waals surface area contributed by atoms with E-state index in [4.69, 9.17) is 4.98 Å². The van der Waals surface area contributed by atoms with Gasteiger partial charge in [-0.1, -0.05) is 19.1 Å². The highest BCUT2D eigenvalue weighted by Gasteiger charge is 2.46. The first-order chi connectivity index (χ1) is 15.8. The summed E-state index contributed by atoms with van der Waals surface area (Å²) in [6.07, 6.45) is 9.81. The van der Waals surface area contributed by atoms with Gasteiger partial charge in [0, 0.05) is 47.8 Å². The number of hydrogen-bond acceptors (Lipinski definition) is 7. The van der Waals surface area contributed by atoms with Crippen molar-refractivity contribution in [2.24, 2.45) is 0 Å². The van der Waals surface area contributed by atoms with Gasteiger partial charge in [0.1, 0.15) is 12.1 Å². The van der Waals surface area contributed by atoms with Gasteiger partial charge < -0.3 is 15.5 Å². The van der Waals surface area contributed by atoms with Crippen molar-refractivity contribution in [2.75, 3.05) is 29.9 Å². The molecule has 3 aromatic rings. The lowest BCUT2D eigenvalue weighted by atomic mass is 9.73. The monoisotopic (exact) mass is 427 g/mol. The number of benzene rings is 1. The van der Waals surface area contributed by atoms with Crippen LogP contribution in [0.15, 0.2) is 43.0 Å². The normalized spacial score (nSPS) is 20.9. The Morgan fingerprint density at radius 1 is 1.09 bits per heavy atom. The summed E-state index contributed by atoms with van der Waals surface area (Å²) >= 11 is 0. The fourth-order valence-corrected chi connectivity index (χ4v) is 5.94. The van der Waals surface area contributed by atoms with Gasteiger partial charge in [-0.15, -0.1) is 0 Å². The molecule has 4 heterocycles. The van der Waals surface area contributed by atoms with Crippen molar-refractivity contribution in [1.29, 1.82) is 0 Å². The molecule has 7 heteroatoms. The Balaban J connectivity index is 1.44. The molecular formula is C25H29N7. The first-order valence-electron chi connectivity index (χ1n) is 11.7. The van der Waals surface area contributed by atoms with E-state index in [1.54, 1.807) is 18.7 Å². The number of anilines is 3. The largest absolute Gasteiger partial charge is 0.350 e. The summed E-state index contributed by atoms with van der Waals surface area (Å²) in [4.78, 5) is 20.6. The molecule has 2 aliphatic heterocycles. The van der Waals surface area contributed by atoms with Gasteiger partial charge in [-0.3, -0.25) is 0 Å². The predicted molar refractivity (Wildman–Crippen MR) is 125 cm³/mol. The summed E-state index contributed by atoms with van der Waals surface area (Å²) in [5.74, 6) is 2.30. The van der Waals surface area contributed by atoms with Crippen LogP contribution in [-0.2, 0) is 18.4 Å². The summed E-state index contributed by atoms with van der Waals surface area (Å²) < 4.78 is 0. The number of aryl methyl sites for hydroxylation is 1. The molecule has 0 unspecified atom stereocenters. The first kappa shape index (κ1) is 19.6. The number of hydrogen-bond donors (Lipinski definition) is 2. The van der Waals surface area contributed by atoms with Crippen molar-refractivity contribution in [3.8, 4) is 0 Å². The number of fused-ring (bicyclic) bond motifs is 3. The lowest BCUT2D eigenvalue weighted by Gasteiger charge is -2.36. The maximum Gasteiger partial charge on any atom is 0.222 e. The number of nitrogens with zero attached hydrogens (tertiary/aromatic N) is 5. The van der Waals surface area contributed by atoms with Gasteiger partial charge in [0.2, 0.25) is 5.95 Å². The van der Waals surface area contributed by atoms with Crippen LogP contribution >= 0.6 is 0 Å². The smallest absolute Gasteiger partial charge is 0.222 e. The van der Waals surface area contributed by atoms with Gasteiger partial charge in [-0.25, -0.2) is 19.9 Å². The van der Waals surface area contributed by atoms with Crippen LogP contribution in [0.5, 0.6) is 0 Å². The van der Waals surface area contributed by atoms with E-state index in [0.29, 0.717) is 18.4 Å². The van der Waals surface area contributed by atoms with E-state index in [9.17, 15) is 0 Å². The highest BCUT2D eigenvalue weighted by Crippen LogP contribution is 2.52. The topological polar surface area (TPSA) is 78.9 Å². The summed E-state index contributed by atoms with van der Waals surface area (Å²) in [6, 6.07) is 8.56. The highest BCUT2D eigenvalue weighted by atomic mass is 15.2. The molecule has 0 radical (unpaired) electrons. The Kier molecular flexibility index (Phi) is 4.79. The molecule has 0 saturated carbocycles. The minimum absolute atomic E-state index is 0.135. The van der Waals surface area contributed by atoms with E-state index in [2.05, 4.69) is 55.6 Å². The summed E-state index contributed by atoms with van der Waals surface area (Å²) in [5.41, 5.74) is 6.83. The van der Waals surface area contributed by atoms with E-state index >= 15 is 0 Å². The summed E-state index contributed by atoms with van der Waals surface area (Å²) in [6.45, 7) is 6.12. The van der Waals surface area contributed by atoms with Crippen LogP contribution in [0.25, 0.3) is 0 Å². The molecule has 1 spiro atoms. The van der Waals surface area contributed by atoms with Crippen LogP contribution < -0.4 is 15.5 Å². The number of piperidine rings is 1. The van der Waals surface area contributed by atoms with Crippen molar-refractivity contribution < 1.29 is 0 Å². The van der Waals surface area contributed by atoms with Gasteiger partial charge >= 0.3 is 0 Å². The molecular weight excluding hydrogens is 398 g/mol. The number of nitrogens with one attached hydrogen (secondary N) is 2. The SMILES string of the molecule is C[C@@H]1CCc2ncnc(N3CC4(CCNCC4)c4c(CNc5ncccn5)cccc43)c21. The Labute approximate surface area is 188 Å². The van der Waals surface area contributed by atoms with Crippen LogP contribution in [0, 0.1) is 0 Å². The summed E-state index contributed by atoms with van der Waals surface area (Å²) in [5, 5.41) is 7.00. The lowest BCUT2D eigenvalue weighted by molar-refractivity contribution is 0.327. The molecule has 1 saturated heterocycles. The van der Waals surface area contributed by atoms with E-state index in [1.165, 1.54) is 28.1 Å². The molecule has 164 valence electrons. The van der Waals surface area contributed by atoms with Crippen molar-refractivity contribution in [1.82, 2.24) is 25.3 Å². The molecule has 0 bridgehead atoms. The average Bonchev–Trinajstić information content (AvgIpc) is 3.38. The van der Waals surface area contributed by atoms with Crippen molar-refractivity contribution >= 4 is 17.5 Å². The van der Waals surface area contributed by atoms with Crippen molar-refractivity contribution in [2.45, 2.75) is 50.5 Å². The van der Waals surface area contributed by atoms with Gasteiger partial charge in [-0.05, 0) is 68.0 Å².